The van der Waals surface area contributed by atoms with E-state index in [2.05, 4.69) is 36.1 Å². The van der Waals surface area contributed by atoms with Crippen LogP contribution in [-0.2, 0) is 49.3 Å². The van der Waals surface area contributed by atoms with Gasteiger partial charge in [0.1, 0.15) is 42.0 Å². The van der Waals surface area contributed by atoms with E-state index in [1.165, 1.54) is 54.8 Å². The molecule has 1 fully saturated rings. The number of carbonyl (C=O) groups is 8. The van der Waals surface area contributed by atoms with Crippen molar-refractivity contribution < 1.29 is 57.2 Å². The molecule has 1 aliphatic heterocycles. The zero-order chi connectivity index (χ0) is 45.2. The Hall–Kier alpha value is -5.45. The maximum absolute atomic E-state index is 14.2. The average Bonchev–Trinajstić information content (AvgIpc) is 3.65. The van der Waals surface area contributed by atoms with Gasteiger partial charge in [0, 0.05) is 32.9 Å². The number of guanidine groups is 1. The van der Waals surface area contributed by atoms with Gasteiger partial charge in [-0.05, 0) is 75.2 Å². The summed E-state index contributed by atoms with van der Waals surface area (Å²) in [5, 5.41) is 12.7. The van der Waals surface area contributed by atoms with Crippen LogP contribution in [0.4, 0.5) is 0 Å². The zero-order valence-corrected chi connectivity index (χ0v) is 35.3. The maximum atomic E-state index is 14.2. The van der Waals surface area contributed by atoms with E-state index in [1.54, 1.807) is 0 Å². The molecule has 0 aliphatic carbocycles. The van der Waals surface area contributed by atoms with Crippen molar-refractivity contribution in [3.05, 3.63) is 29.8 Å². The number of phosphoric acid groups is 1. The Bertz CT molecular complexity index is 1780. The normalized spacial score (nSPS) is 16.1. The third-order valence-electron chi connectivity index (χ3n) is 9.01. The van der Waals surface area contributed by atoms with Gasteiger partial charge in [-0.25, -0.2) is 4.57 Å². The van der Waals surface area contributed by atoms with Crippen LogP contribution < -0.4 is 54.0 Å². The fourth-order valence-corrected chi connectivity index (χ4v) is 6.94. The van der Waals surface area contributed by atoms with Crippen LogP contribution in [0.15, 0.2) is 29.3 Å². The second kappa shape index (κ2) is 24.6. The van der Waals surface area contributed by atoms with E-state index in [4.69, 9.17) is 32.7 Å². The van der Waals surface area contributed by atoms with Crippen molar-refractivity contribution in [2.24, 2.45) is 27.9 Å². The number of benzene rings is 1. The van der Waals surface area contributed by atoms with Crippen molar-refractivity contribution in [2.45, 2.75) is 101 Å². The quantitative estimate of drug-likeness (QED) is 0.0198. The molecule has 1 aliphatic rings. The molecule has 23 nitrogen and oxygen atoms in total. The van der Waals surface area contributed by atoms with Gasteiger partial charge in [0.2, 0.25) is 47.3 Å². The lowest BCUT2D eigenvalue weighted by Gasteiger charge is -2.31. The topological polar surface area (TPSA) is 383 Å². The van der Waals surface area contributed by atoms with E-state index in [1.807, 2.05) is 6.26 Å². The largest absolute Gasteiger partial charge is 0.524 e. The summed E-state index contributed by atoms with van der Waals surface area (Å²) in [6.45, 7) is 2.70. The first kappa shape index (κ1) is 50.7. The molecule has 1 heterocycles. The predicted molar refractivity (Wildman–Crippen MR) is 219 cm³/mol. The van der Waals surface area contributed by atoms with E-state index in [0.717, 1.165) is 0 Å². The Balaban J connectivity index is 2.30. The Morgan fingerprint density at radius 1 is 0.867 bits per heavy atom. The van der Waals surface area contributed by atoms with Crippen molar-refractivity contribution in [3.8, 4) is 5.75 Å². The molecule has 8 amide bonds. The van der Waals surface area contributed by atoms with Crippen LogP contribution in [0.25, 0.3) is 0 Å². The Morgan fingerprint density at radius 2 is 1.50 bits per heavy atom. The van der Waals surface area contributed by atoms with Gasteiger partial charge < -0.3 is 58.9 Å². The number of hydrogen-bond acceptors (Lipinski definition) is 12. The third-order valence-corrected chi connectivity index (χ3v) is 10.1. The SMILES string of the molecule is CSCC[C@H](NC(=O)[C@H](C)NC(=O)[C@H](CCC(N)=O)NC(=O)[C@@H]1CCCN1C(=O)[C@H](CCCN=C(N)N)NC(=O)[C@H](Cc1ccc(OP(=O)(O)O)cc1)NC(C)=O)C(N)=O. The van der Waals surface area contributed by atoms with Crippen LogP contribution in [0.5, 0.6) is 5.75 Å². The number of likely N-dealkylation sites (tertiary alicyclic amines) is 1. The summed E-state index contributed by atoms with van der Waals surface area (Å²) < 4.78 is 15.7. The van der Waals surface area contributed by atoms with Gasteiger partial charge in [-0.2, -0.15) is 11.8 Å². The van der Waals surface area contributed by atoms with Crippen molar-refractivity contribution in [2.75, 3.05) is 25.1 Å². The van der Waals surface area contributed by atoms with Crippen LogP contribution in [-0.4, -0.2) is 129 Å². The molecule has 0 spiro atoms. The summed E-state index contributed by atoms with van der Waals surface area (Å²) in [6.07, 6.45) is 2.09. The van der Waals surface area contributed by atoms with Gasteiger partial charge in [0.05, 0.1) is 0 Å². The van der Waals surface area contributed by atoms with Gasteiger partial charge in [0.25, 0.3) is 0 Å². The lowest BCUT2D eigenvalue weighted by atomic mass is 10.0. The van der Waals surface area contributed by atoms with Crippen molar-refractivity contribution in [3.63, 3.8) is 0 Å². The Kier molecular flexibility index (Phi) is 20.8. The van der Waals surface area contributed by atoms with Crippen molar-refractivity contribution in [1.29, 1.82) is 0 Å². The van der Waals surface area contributed by atoms with Gasteiger partial charge in [-0.1, -0.05) is 12.1 Å². The molecule has 0 aromatic heterocycles. The number of nitrogens with one attached hydrogen (secondary N) is 5. The number of nitrogens with two attached hydrogens (primary N) is 4. The molecule has 15 N–H and O–H groups in total. The van der Waals surface area contributed by atoms with Crippen LogP contribution >= 0.6 is 19.6 Å². The van der Waals surface area contributed by atoms with Gasteiger partial charge in [0.15, 0.2) is 5.96 Å². The fraction of sp³-hybridized carbons (Fsp3) is 0.571. The number of primary amides is 2. The molecule has 6 atom stereocenters. The monoisotopic (exact) mass is 885 g/mol. The molecule has 0 saturated carbocycles. The number of carbonyl (C=O) groups excluding carboxylic acids is 8. The van der Waals surface area contributed by atoms with E-state index in [-0.39, 0.29) is 69.7 Å². The lowest BCUT2D eigenvalue weighted by molar-refractivity contribution is -0.142. The number of phosphoric ester groups is 1. The average molecular weight is 886 g/mol. The fourth-order valence-electron chi connectivity index (χ4n) is 6.07. The minimum atomic E-state index is -4.83. The number of rotatable bonds is 25. The molecule has 1 aromatic rings. The van der Waals surface area contributed by atoms with Gasteiger partial charge in [-0.15, -0.1) is 0 Å². The zero-order valence-electron chi connectivity index (χ0n) is 33.6. The smallest absolute Gasteiger partial charge is 0.404 e. The predicted octanol–water partition coefficient (Wildman–Crippen LogP) is -3.29. The van der Waals surface area contributed by atoms with Gasteiger partial charge in [-0.3, -0.25) is 53.1 Å². The minimum Gasteiger partial charge on any atom is -0.404 e. The minimum absolute atomic E-state index is 0.00904. The van der Waals surface area contributed by atoms with E-state index in [0.29, 0.717) is 17.7 Å². The molecular formula is C35H56N11O12PS. The van der Waals surface area contributed by atoms with E-state index < -0.39 is 91.3 Å². The molecule has 334 valence electrons. The number of aliphatic imine (C=N–C) groups is 1. The lowest BCUT2D eigenvalue weighted by Crippen LogP contribution is -2.59. The Morgan fingerprint density at radius 3 is 2.07 bits per heavy atom. The number of nitrogens with zero attached hydrogens (tertiary/aromatic N) is 2. The summed E-state index contributed by atoms with van der Waals surface area (Å²) >= 11 is 1.44. The van der Waals surface area contributed by atoms with Gasteiger partial charge >= 0.3 is 7.82 Å². The summed E-state index contributed by atoms with van der Waals surface area (Å²) in [6, 6.07) is -1.81. The van der Waals surface area contributed by atoms with Crippen LogP contribution in [0.3, 0.4) is 0 Å². The van der Waals surface area contributed by atoms with E-state index in [9.17, 15) is 42.9 Å². The summed E-state index contributed by atoms with van der Waals surface area (Å²) in [4.78, 5) is 127. The standard InChI is InChI=1S/C35H56N11O12PS/c1-19(30(50)43-23(29(37)49)14-17-60-3)41-31(51)24(12-13-28(36)48)44-33(53)27-7-5-16-46(27)34(54)25(6-4-15-40-35(38)39)45-32(52)26(42-20(2)47)18-21-8-10-22(11-9-21)58-59(55,56)57/h8-11,19,23-27H,4-7,12-18H2,1-3H3,(H2,36,48)(H2,37,49)(H,41,51)(H,42,47)(H,43,50)(H,44,53)(H,45,52)(H4,38,39,40)(H2,55,56,57)/t19-,23-,24-,25-,26-,27-/m0/s1. The Labute approximate surface area is 350 Å². The van der Waals surface area contributed by atoms with Crippen molar-refractivity contribution in [1.82, 2.24) is 31.5 Å². The highest BCUT2D eigenvalue weighted by molar-refractivity contribution is 7.98. The number of thioether (sulfide) groups is 1. The molecule has 2 rings (SSSR count). The van der Waals surface area contributed by atoms with Crippen LogP contribution in [0, 0.1) is 0 Å². The second-order valence-corrected chi connectivity index (χ2v) is 16.1. The summed E-state index contributed by atoms with van der Waals surface area (Å²) in [7, 11) is -4.83. The highest BCUT2D eigenvalue weighted by Gasteiger charge is 2.39. The summed E-state index contributed by atoms with van der Waals surface area (Å²) in [5.74, 6) is -5.69. The van der Waals surface area contributed by atoms with Crippen LogP contribution in [0.2, 0.25) is 0 Å². The summed E-state index contributed by atoms with van der Waals surface area (Å²) in [5.41, 5.74) is 22.1. The molecule has 1 saturated heterocycles. The first-order valence-electron chi connectivity index (χ1n) is 18.9. The first-order valence-corrected chi connectivity index (χ1v) is 21.8. The molecular weight excluding hydrogens is 829 g/mol. The van der Waals surface area contributed by atoms with Crippen LogP contribution in [0.1, 0.15) is 64.4 Å². The number of hydrogen-bond donors (Lipinski definition) is 11. The maximum Gasteiger partial charge on any atom is 0.524 e. The third kappa shape index (κ3) is 18.2. The number of amides is 8. The second-order valence-electron chi connectivity index (χ2n) is 13.9. The first-order chi connectivity index (χ1) is 28.1. The molecule has 25 heteroatoms. The van der Waals surface area contributed by atoms with E-state index >= 15 is 0 Å². The molecule has 1 aromatic carbocycles. The highest BCUT2D eigenvalue weighted by atomic mass is 32.2. The van der Waals surface area contributed by atoms with Crippen molar-refractivity contribution >= 4 is 72.8 Å². The molecule has 0 radical (unpaired) electrons. The molecule has 60 heavy (non-hydrogen) atoms. The molecule has 0 bridgehead atoms. The molecule has 0 unspecified atom stereocenters. The highest BCUT2D eigenvalue weighted by Crippen LogP contribution is 2.37.